The number of carbonyl (C=O) groups excluding carboxylic acids is 5. The number of piperidine rings is 1. The fourth-order valence-electron chi connectivity index (χ4n) is 9.41. The van der Waals surface area contributed by atoms with Gasteiger partial charge in [0, 0.05) is 75.8 Å². The summed E-state index contributed by atoms with van der Waals surface area (Å²) in [6.45, 7) is 14.4. The fourth-order valence-corrected chi connectivity index (χ4v) is 11.3. The number of ether oxygens (including phenoxy) is 1. The van der Waals surface area contributed by atoms with Crippen LogP contribution in [0.25, 0.3) is 10.4 Å². The van der Waals surface area contributed by atoms with Crippen molar-refractivity contribution >= 4 is 81.6 Å². The SMILES string of the molecule is Cc1ncsc1-c1ccc(CNC(=O)C2CC(O)CN2C(=O)[C@@H](NC(=O)C2(F)CC2)C(C)(C)C)c(OCCN2CCN(C(=O)CC(=O)Nc3cccc(Sc4ncc(N5CCC(C)(CN)CC5)nc4N)c3Cl)CC2)c1. The molecule has 1 saturated carbocycles. The number of alkyl halides is 1. The lowest BCUT2D eigenvalue weighted by molar-refractivity contribution is -0.145. The minimum absolute atomic E-state index is 0.00305. The van der Waals surface area contributed by atoms with Crippen LogP contribution in [0.1, 0.15) is 77.5 Å². The van der Waals surface area contributed by atoms with Gasteiger partial charge in [-0.05, 0) is 73.7 Å². The van der Waals surface area contributed by atoms with Crippen molar-refractivity contribution in [3.05, 3.63) is 64.4 Å². The van der Waals surface area contributed by atoms with Crippen molar-refractivity contribution in [3.63, 3.8) is 0 Å². The van der Waals surface area contributed by atoms with Gasteiger partial charge in [-0.3, -0.25) is 28.9 Å². The van der Waals surface area contributed by atoms with Gasteiger partial charge < -0.3 is 52.0 Å². The van der Waals surface area contributed by atoms with Crippen LogP contribution < -0.4 is 37.1 Å². The van der Waals surface area contributed by atoms with Crippen molar-refractivity contribution < 1.29 is 38.2 Å². The summed E-state index contributed by atoms with van der Waals surface area (Å²) in [6, 6.07) is 8.79. The largest absolute Gasteiger partial charge is 0.492 e. The van der Waals surface area contributed by atoms with Gasteiger partial charge in [0.05, 0.1) is 39.1 Å². The van der Waals surface area contributed by atoms with E-state index in [1.807, 2.05) is 25.1 Å². The molecule has 3 saturated heterocycles. The highest BCUT2D eigenvalue weighted by Crippen LogP contribution is 2.42. The van der Waals surface area contributed by atoms with Crippen LogP contribution in [0.5, 0.6) is 5.75 Å². The minimum Gasteiger partial charge on any atom is -0.492 e. The Labute approximate surface area is 450 Å². The van der Waals surface area contributed by atoms with Crippen molar-refractivity contribution in [2.75, 3.05) is 81.5 Å². The summed E-state index contributed by atoms with van der Waals surface area (Å²) in [5.41, 5.74) is 14.2. The first-order valence-electron chi connectivity index (χ1n) is 25.4. The zero-order valence-electron chi connectivity index (χ0n) is 43.1. The number of amides is 5. The van der Waals surface area contributed by atoms with E-state index in [1.54, 1.807) is 55.6 Å². The van der Waals surface area contributed by atoms with Gasteiger partial charge in [-0.15, -0.1) is 11.3 Å². The molecule has 0 bridgehead atoms. The number of thiazole rings is 1. The maximum absolute atomic E-state index is 14.7. The highest BCUT2D eigenvalue weighted by atomic mass is 35.5. The summed E-state index contributed by atoms with van der Waals surface area (Å²) in [7, 11) is 0. The standard InChI is InChI=1S/C52H68ClFN12O7S2/c1-31-43(74-30-59-31)32-9-10-33(26-57-46(70)36-24-34(67)28-66(36)48(71)44(50(2,3)4)62-49(72)52(54)11-12-52)37(23-32)73-22-21-63-17-19-65(20-18-63)41(69)25-40(68)60-35-7-6-8-38(42(35)53)75-47-45(56)61-39(27-58-47)64-15-13-51(5,29-55)14-16-64/h6-10,23,27,30,34,36,44,67H,11-22,24-26,28-29,55H2,1-5H3,(H2,56,61)(H,57,70)(H,60,68)(H,62,72)/t34?,36?,44-/m1/s1. The molecule has 2 aromatic heterocycles. The van der Waals surface area contributed by atoms with Crippen molar-refractivity contribution in [3.8, 4) is 16.2 Å². The van der Waals surface area contributed by atoms with E-state index in [-0.39, 0.29) is 67.5 Å². The summed E-state index contributed by atoms with van der Waals surface area (Å²) in [6.07, 6.45) is 2.46. The Balaban J connectivity index is 0.820. The molecule has 3 atom stereocenters. The van der Waals surface area contributed by atoms with E-state index in [0.717, 1.165) is 42.1 Å². The lowest BCUT2D eigenvalue weighted by Gasteiger charge is -2.39. The lowest BCUT2D eigenvalue weighted by Crippen LogP contribution is -2.59. The number of aromatic nitrogens is 3. The number of β-amino-alcohol motifs (C(OH)–C–C–N with tert-alkyl or cyclic N) is 1. The normalized spacial score (nSPS) is 19.8. The van der Waals surface area contributed by atoms with E-state index >= 15 is 0 Å². The van der Waals surface area contributed by atoms with Crippen LogP contribution in [0.2, 0.25) is 5.02 Å². The van der Waals surface area contributed by atoms with Gasteiger partial charge in [0.25, 0.3) is 5.91 Å². The van der Waals surface area contributed by atoms with Crippen LogP contribution in [0.4, 0.5) is 21.7 Å². The van der Waals surface area contributed by atoms with E-state index in [9.17, 15) is 33.5 Å². The first-order chi connectivity index (χ1) is 35.6. The molecule has 75 heavy (non-hydrogen) atoms. The summed E-state index contributed by atoms with van der Waals surface area (Å²) in [5.74, 6) is -1.19. The average Bonchev–Trinajstić information content (AvgIpc) is 3.79. The first-order valence-corrected chi connectivity index (χ1v) is 27.5. The number of piperazine rings is 1. The van der Waals surface area contributed by atoms with Crippen LogP contribution in [0.15, 0.2) is 58.0 Å². The van der Waals surface area contributed by atoms with E-state index in [1.165, 1.54) is 28.0 Å². The third-order valence-corrected chi connectivity index (χ3v) is 17.1. The molecule has 0 spiro atoms. The van der Waals surface area contributed by atoms with Crippen molar-refractivity contribution in [1.82, 2.24) is 40.3 Å². The topological polar surface area (TPSA) is 255 Å². The maximum atomic E-state index is 14.7. The molecule has 3 aliphatic heterocycles. The van der Waals surface area contributed by atoms with Gasteiger partial charge in [0.15, 0.2) is 11.5 Å². The fraction of sp³-hybridized carbons (Fsp3) is 0.538. The molecule has 4 aliphatic rings. The number of likely N-dealkylation sites (tertiary alicyclic amines) is 1. The third kappa shape index (κ3) is 13.5. The predicted octanol–water partition coefficient (Wildman–Crippen LogP) is 5.02. The van der Waals surface area contributed by atoms with Gasteiger partial charge in [-0.2, -0.15) is 0 Å². The molecule has 19 nitrogen and oxygen atoms in total. The lowest BCUT2D eigenvalue weighted by atomic mass is 9.80. The molecule has 0 radical (unpaired) electrons. The molecular formula is C52H68ClFN12O7S2. The molecule has 1 aliphatic carbocycles. The number of halogens is 2. The number of aryl methyl sites for hydroxylation is 1. The zero-order chi connectivity index (χ0) is 53.8. The van der Waals surface area contributed by atoms with Crippen LogP contribution in [0, 0.1) is 17.8 Å². The van der Waals surface area contributed by atoms with E-state index in [2.05, 4.69) is 47.6 Å². The van der Waals surface area contributed by atoms with Gasteiger partial charge in [0.2, 0.25) is 23.6 Å². The Morgan fingerprint density at radius 1 is 1.04 bits per heavy atom. The Bertz CT molecular complexity index is 2760. The highest BCUT2D eigenvalue weighted by Gasteiger charge is 2.53. The number of hydrogen-bond acceptors (Lipinski definition) is 16. The second-order valence-electron chi connectivity index (χ2n) is 21.4. The first kappa shape index (κ1) is 55.6. The molecule has 5 heterocycles. The van der Waals surface area contributed by atoms with Crippen LogP contribution in [0.3, 0.4) is 0 Å². The number of nitrogens with one attached hydrogen (secondary N) is 3. The van der Waals surface area contributed by atoms with Crippen LogP contribution in [-0.2, 0) is 30.5 Å². The van der Waals surface area contributed by atoms with Crippen molar-refractivity contribution in [1.29, 1.82) is 0 Å². The molecule has 8 N–H and O–H groups in total. The smallest absolute Gasteiger partial charge is 0.258 e. The molecule has 4 fully saturated rings. The number of aliphatic hydroxyl groups is 1. The number of nitrogens with zero attached hydrogens (tertiary/aromatic N) is 7. The molecule has 8 rings (SSSR count). The van der Waals surface area contributed by atoms with E-state index in [4.69, 9.17) is 27.8 Å². The van der Waals surface area contributed by atoms with Gasteiger partial charge >= 0.3 is 0 Å². The number of benzene rings is 2. The molecule has 23 heteroatoms. The zero-order valence-corrected chi connectivity index (χ0v) is 45.5. The molecule has 2 unspecified atom stereocenters. The number of hydrogen-bond donors (Lipinski definition) is 6. The minimum atomic E-state index is -1.99. The molecule has 404 valence electrons. The second-order valence-corrected chi connectivity index (χ2v) is 23.6. The molecule has 4 aromatic rings. The average molecular weight is 1090 g/mol. The van der Waals surface area contributed by atoms with Crippen LogP contribution >= 0.6 is 34.7 Å². The number of anilines is 3. The Morgan fingerprint density at radius 3 is 2.43 bits per heavy atom. The second kappa shape index (κ2) is 23.3. The summed E-state index contributed by atoms with van der Waals surface area (Å²) < 4.78 is 21.1. The summed E-state index contributed by atoms with van der Waals surface area (Å²) >= 11 is 9.52. The Hall–Kier alpha value is -5.65. The summed E-state index contributed by atoms with van der Waals surface area (Å²) in [4.78, 5) is 89.7. The number of carbonyl (C=O) groups is 5. The molecule has 5 amide bonds. The molecular weight excluding hydrogens is 1020 g/mol. The van der Waals surface area contributed by atoms with Crippen molar-refractivity contribution in [2.24, 2.45) is 16.6 Å². The Morgan fingerprint density at radius 2 is 1.77 bits per heavy atom. The number of nitrogen functional groups attached to an aromatic ring is 1. The number of aliphatic hydroxyl groups excluding tert-OH is 1. The third-order valence-electron chi connectivity index (χ3n) is 14.6. The number of nitrogens with two attached hydrogens (primary N) is 2. The van der Waals surface area contributed by atoms with E-state index < -0.39 is 52.9 Å². The van der Waals surface area contributed by atoms with Crippen LogP contribution in [-0.4, -0.2) is 154 Å². The Kier molecular flexibility index (Phi) is 17.3. The maximum Gasteiger partial charge on any atom is 0.258 e. The predicted molar refractivity (Wildman–Crippen MR) is 287 cm³/mol. The van der Waals surface area contributed by atoms with Gasteiger partial charge in [-0.25, -0.2) is 19.3 Å². The quantitative estimate of drug-likeness (QED) is 0.0716. The molecule has 2 aromatic carbocycles. The van der Waals surface area contributed by atoms with E-state index in [0.29, 0.717) is 72.0 Å². The number of rotatable bonds is 18. The summed E-state index contributed by atoms with van der Waals surface area (Å²) in [5, 5.41) is 19.8. The highest BCUT2D eigenvalue weighted by molar-refractivity contribution is 7.99. The van der Waals surface area contributed by atoms with Crippen molar-refractivity contribution in [2.45, 2.75) is 113 Å². The van der Waals surface area contributed by atoms with Gasteiger partial charge in [0.1, 0.15) is 41.7 Å². The monoisotopic (exact) mass is 1090 g/mol. The van der Waals surface area contributed by atoms with Gasteiger partial charge in [-0.1, -0.05) is 69.3 Å².